The molecule has 1 aromatic carbocycles. The zero-order valence-electron chi connectivity index (χ0n) is 12.7. The predicted molar refractivity (Wildman–Crippen MR) is 87.7 cm³/mol. The fraction of sp³-hybridized carbons (Fsp3) is 0.353. The molecule has 1 heterocycles. The molecule has 0 bridgehead atoms. The second-order valence-electron chi connectivity index (χ2n) is 5.59. The number of nitrogens with zero attached hydrogens (tertiary/aromatic N) is 2. The van der Waals surface area contributed by atoms with Crippen molar-refractivity contribution in [3.05, 3.63) is 53.5 Å². The third-order valence-electron chi connectivity index (χ3n) is 3.45. The van der Waals surface area contributed by atoms with Gasteiger partial charge >= 0.3 is 0 Å². The molecular formula is C17H19N3OS. The summed E-state index contributed by atoms with van der Waals surface area (Å²) in [4.78, 5) is 21.3. The van der Waals surface area contributed by atoms with Crippen molar-refractivity contribution in [2.75, 3.05) is 0 Å². The number of carbonyl (C=O) groups is 1. The van der Waals surface area contributed by atoms with Crippen LogP contribution in [0.4, 0.5) is 0 Å². The molecule has 1 saturated carbocycles. The van der Waals surface area contributed by atoms with Gasteiger partial charge in [0.1, 0.15) is 16.1 Å². The molecule has 1 amide bonds. The van der Waals surface area contributed by atoms with E-state index in [9.17, 15) is 4.79 Å². The molecule has 1 aliphatic rings. The lowest BCUT2D eigenvalue weighted by Crippen LogP contribution is -2.29. The highest BCUT2D eigenvalue weighted by Crippen LogP contribution is 2.35. The Morgan fingerprint density at radius 3 is 2.59 bits per heavy atom. The summed E-state index contributed by atoms with van der Waals surface area (Å²) in [5.74, 6) is 0.796. The van der Waals surface area contributed by atoms with E-state index in [1.807, 2.05) is 50.2 Å². The number of amides is 1. The third-order valence-corrected chi connectivity index (χ3v) is 4.62. The summed E-state index contributed by atoms with van der Waals surface area (Å²) in [6.07, 6.45) is 2.17. The first-order valence-corrected chi connectivity index (χ1v) is 8.34. The molecule has 114 valence electrons. The summed E-state index contributed by atoms with van der Waals surface area (Å²) in [6, 6.07) is 12.2. The number of aryl methyl sites for hydroxylation is 2. The van der Waals surface area contributed by atoms with Crippen LogP contribution < -0.4 is 5.32 Å². The molecule has 1 N–H and O–H groups in total. The first-order valence-electron chi connectivity index (χ1n) is 7.46. The second kappa shape index (κ2) is 6.48. The van der Waals surface area contributed by atoms with Gasteiger partial charge in [-0.2, -0.15) is 0 Å². The van der Waals surface area contributed by atoms with Crippen LogP contribution in [0.25, 0.3) is 0 Å². The minimum Gasteiger partial charge on any atom is -0.352 e. The van der Waals surface area contributed by atoms with Gasteiger partial charge in [-0.15, -0.1) is 0 Å². The van der Waals surface area contributed by atoms with Crippen LogP contribution >= 0.6 is 11.8 Å². The molecule has 22 heavy (non-hydrogen) atoms. The van der Waals surface area contributed by atoms with E-state index in [1.54, 1.807) is 0 Å². The molecule has 0 aliphatic heterocycles. The highest BCUT2D eigenvalue weighted by Gasteiger charge is 2.29. The predicted octanol–water partition coefficient (Wildman–Crippen LogP) is 3.21. The molecule has 1 fully saturated rings. The Hall–Kier alpha value is -1.88. The van der Waals surface area contributed by atoms with Gasteiger partial charge in [-0.3, -0.25) is 4.79 Å². The van der Waals surface area contributed by atoms with Crippen LogP contribution in [0.5, 0.6) is 0 Å². The van der Waals surface area contributed by atoms with E-state index in [0.29, 0.717) is 6.04 Å². The standard InChI is InChI=1S/C17H19N3OS/c1-11-10-15(19-12(2)18-11)22-16(13-6-4-3-5-7-13)17(21)20-14-8-9-14/h3-7,10,14,16H,8-9H2,1-2H3,(H,20,21). The van der Waals surface area contributed by atoms with Crippen LogP contribution in [0.15, 0.2) is 41.4 Å². The molecule has 0 saturated heterocycles. The Bertz CT molecular complexity index is 651. The fourth-order valence-corrected chi connectivity index (χ4v) is 3.40. The Morgan fingerprint density at radius 1 is 1.23 bits per heavy atom. The Labute approximate surface area is 134 Å². The highest BCUT2D eigenvalue weighted by molar-refractivity contribution is 8.00. The van der Waals surface area contributed by atoms with Crippen LogP contribution in [-0.2, 0) is 4.79 Å². The van der Waals surface area contributed by atoms with E-state index in [-0.39, 0.29) is 11.2 Å². The number of rotatable bonds is 5. The van der Waals surface area contributed by atoms with Crippen LogP contribution in [0.3, 0.4) is 0 Å². The van der Waals surface area contributed by atoms with E-state index < -0.39 is 0 Å². The summed E-state index contributed by atoms with van der Waals surface area (Å²) >= 11 is 1.48. The van der Waals surface area contributed by atoms with Crippen molar-refractivity contribution in [3.63, 3.8) is 0 Å². The molecule has 1 aromatic heterocycles. The minimum atomic E-state index is -0.282. The van der Waals surface area contributed by atoms with Gasteiger partial charge in [0.2, 0.25) is 5.91 Å². The number of aromatic nitrogens is 2. The first kappa shape index (κ1) is 15.0. The fourth-order valence-electron chi connectivity index (χ4n) is 2.27. The maximum absolute atomic E-state index is 12.6. The molecule has 1 unspecified atom stereocenters. The lowest BCUT2D eigenvalue weighted by Gasteiger charge is -2.16. The molecule has 0 radical (unpaired) electrons. The topological polar surface area (TPSA) is 54.9 Å². The number of carbonyl (C=O) groups excluding carboxylic acids is 1. The molecule has 5 heteroatoms. The van der Waals surface area contributed by atoms with E-state index >= 15 is 0 Å². The van der Waals surface area contributed by atoms with Gasteiger partial charge in [0.25, 0.3) is 0 Å². The average Bonchev–Trinajstić information content (AvgIpc) is 3.28. The molecule has 4 nitrogen and oxygen atoms in total. The maximum atomic E-state index is 12.6. The van der Waals surface area contributed by atoms with Crippen LogP contribution in [0, 0.1) is 13.8 Å². The van der Waals surface area contributed by atoms with E-state index in [0.717, 1.165) is 34.9 Å². The zero-order valence-corrected chi connectivity index (χ0v) is 13.6. The van der Waals surface area contributed by atoms with Crippen molar-refractivity contribution in [2.45, 2.75) is 43.0 Å². The Morgan fingerprint density at radius 2 is 1.95 bits per heavy atom. The third kappa shape index (κ3) is 3.85. The zero-order chi connectivity index (χ0) is 15.5. The van der Waals surface area contributed by atoms with Gasteiger partial charge in [0, 0.05) is 11.7 Å². The van der Waals surface area contributed by atoms with Crippen molar-refractivity contribution in [2.24, 2.45) is 0 Å². The number of hydrogen-bond acceptors (Lipinski definition) is 4. The molecular weight excluding hydrogens is 294 g/mol. The van der Waals surface area contributed by atoms with E-state index in [4.69, 9.17) is 0 Å². The summed E-state index contributed by atoms with van der Waals surface area (Å²) < 4.78 is 0. The number of nitrogens with one attached hydrogen (secondary N) is 1. The first-order chi connectivity index (χ1) is 10.6. The van der Waals surface area contributed by atoms with E-state index in [1.165, 1.54) is 11.8 Å². The van der Waals surface area contributed by atoms with Crippen LogP contribution in [-0.4, -0.2) is 21.9 Å². The number of hydrogen-bond donors (Lipinski definition) is 1. The van der Waals surface area contributed by atoms with Crippen molar-refractivity contribution < 1.29 is 4.79 Å². The number of thioether (sulfide) groups is 1. The lowest BCUT2D eigenvalue weighted by atomic mass is 10.1. The van der Waals surface area contributed by atoms with Crippen molar-refractivity contribution in [1.29, 1.82) is 0 Å². The van der Waals surface area contributed by atoms with Crippen LogP contribution in [0.2, 0.25) is 0 Å². The highest BCUT2D eigenvalue weighted by atomic mass is 32.2. The summed E-state index contributed by atoms with van der Waals surface area (Å²) in [6.45, 7) is 3.82. The Balaban J connectivity index is 1.85. The monoisotopic (exact) mass is 313 g/mol. The second-order valence-corrected chi connectivity index (χ2v) is 6.71. The summed E-state index contributed by atoms with van der Waals surface area (Å²) in [7, 11) is 0. The smallest absolute Gasteiger partial charge is 0.238 e. The van der Waals surface area contributed by atoms with Gasteiger partial charge in [-0.1, -0.05) is 42.1 Å². The lowest BCUT2D eigenvalue weighted by molar-refractivity contribution is -0.120. The van der Waals surface area contributed by atoms with Gasteiger partial charge < -0.3 is 5.32 Å². The maximum Gasteiger partial charge on any atom is 0.238 e. The summed E-state index contributed by atoms with van der Waals surface area (Å²) in [5, 5.41) is 3.65. The summed E-state index contributed by atoms with van der Waals surface area (Å²) in [5.41, 5.74) is 1.92. The van der Waals surface area contributed by atoms with Gasteiger partial charge in [-0.05, 0) is 38.3 Å². The minimum absolute atomic E-state index is 0.0626. The van der Waals surface area contributed by atoms with Gasteiger partial charge in [-0.25, -0.2) is 9.97 Å². The van der Waals surface area contributed by atoms with Crippen molar-refractivity contribution in [1.82, 2.24) is 15.3 Å². The van der Waals surface area contributed by atoms with E-state index in [2.05, 4.69) is 15.3 Å². The largest absolute Gasteiger partial charge is 0.352 e. The molecule has 3 rings (SSSR count). The van der Waals surface area contributed by atoms with Crippen LogP contribution in [0.1, 0.15) is 35.2 Å². The molecule has 1 aliphatic carbocycles. The van der Waals surface area contributed by atoms with Gasteiger partial charge in [0.15, 0.2) is 0 Å². The Kier molecular flexibility index (Phi) is 4.43. The van der Waals surface area contributed by atoms with Crippen molar-refractivity contribution in [3.8, 4) is 0 Å². The quantitative estimate of drug-likeness (QED) is 0.680. The molecule has 1 atom stereocenters. The SMILES string of the molecule is Cc1cc(SC(C(=O)NC2CC2)c2ccccc2)nc(C)n1. The number of benzene rings is 1. The normalized spacial score (nSPS) is 15.4. The van der Waals surface area contributed by atoms with Gasteiger partial charge in [0.05, 0.1) is 0 Å². The average molecular weight is 313 g/mol. The molecule has 2 aromatic rings. The molecule has 0 spiro atoms. The van der Waals surface area contributed by atoms with Crippen molar-refractivity contribution >= 4 is 17.7 Å².